The lowest BCUT2D eigenvalue weighted by atomic mass is 10.0. The highest BCUT2D eigenvalue weighted by Crippen LogP contribution is 2.19. The van der Waals surface area contributed by atoms with Gasteiger partial charge in [-0.05, 0) is 30.5 Å². The fraction of sp³-hybridized carbons (Fsp3) is 0.273. The van der Waals surface area contributed by atoms with Gasteiger partial charge in [0.15, 0.2) is 0 Å². The van der Waals surface area contributed by atoms with Crippen molar-refractivity contribution in [3.8, 4) is 0 Å². The van der Waals surface area contributed by atoms with Crippen molar-refractivity contribution in [3.05, 3.63) is 78.0 Å². The Labute approximate surface area is 149 Å². The van der Waals surface area contributed by atoms with Gasteiger partial charge in [-0.15, -0.1) is 0 Å². The molecule has 2 aromatic carbocycles. The largest absolute Gasteiger partial charge is 0.335 e. The number of fused-ring (bicyclic) bond motifs is 1. The van der Waals surface area contributed by atoms with Crippen LogP contribution in [0.15, 0.2) is 66.9 Å². The third kappa shape index (κ3) is 4.05. The number of hydrogen-bond donors (Lipinski definition) is 0. The van der Waals surface area contributed by atoms with Crippen LogP contribution in [0.4, 0.5) is 0 Å². The molecule has 3 aromatic rings. The second-order valence-electron chi connectivity index (χ2n) is 6.43. The van der Waals surface area contributed by atoms with E-state index in [4.69, 9.17) is 0 Å². The molecule has 1 amide bonds. The number of benzene rings is 2. The molecule has 3 heteroatoms. The molecule has 1 heterocycles. The molecular weight excluding hydrogens is 308 g/mol. The maximum absolute atomic E-state index is 13.1. The Morgan fingerprint density at radius 1 is 1.04 bits per heavy atom. The smallest absolute Gasteiger partial charge is 0.227 e. The molecule has 25 heavy (non-hydrogen) atoms. The first-order valence-electron chi connectivity index (χ1n) is 8.85. The zero-order valence-corrected chi connectivity index (χ0v) is 14.9. The van der Waals surface area contributed by atoms with E-state index in [0.717, 1.165) is 28.5 Å². The number of amides is 1. The van der Waals surface area contributed by atoms with Crippen molar-refractivity contribution >= 4 is 16.8 Å². The van der Waals surface area contributed by atoms with Gasteiger partial charge >= 0.3 is 0 Å². The summed E-state index contributed by atoms with van der Waals surface area (Å²) in [5, 5.41) is 1.07. The van der Waals surface area contributed by atoms with Crippen LogP contribution in [0.2, 0.25) is 0 Å². The average Bonchev–Trinajstić information content (AvgIpc) is 2.66. The quantitative estimate of drug-likeness (QED) is 0.661. The number of carbonyl (C=O) groups excluding carboxylic acids is 1. The van der Waals surface area contributed by atoms with Crippen LogP contribution in [-0.2, 0) is 17.8 Å². The molecule has 0 aliphatic carbocycles. The molecule has 3 nitrogen and oxygen atoms in total. The predicted molar refractivity (Wildman–Crippen MR) is 102 cm³/mol. The summed E-state index contributed by atoms with van der Waals surface area (Å²) in [6.45, 7) is 4.88. The molecule has 0 aliphatic rings. The number of rotatable bonds is 6. The first-order valence-corrected chi connectivity index (χ1v) is 8.85. The van der Waals surface area contributed by atoms with Gasteiger partial charge in [-0.2, -0.15) is 0 Å². The molecule has 128 valence electrons. The Bertz CT molecular complexity index is 840. The minimum Gasteiger partial charge on any atom is -0.335 e. The maximum Gasteiger partial charge on any atom is 0.227 e. The molecule has 0 bridgehead atoms. The maximum atomic E-state index is 13.1. The highest BCUT2D eigenvalue weighted by atomic mass is 16.2. The lowest BCUT2D eigenvalue weighted by Gasteiger charge is -2.29. The van der Waals surface area contributed by atoms with E-state index < -0.39 is 0 Å². The topological polar surface area (TPSA) is 33.2 Å². The highest BCUT2D eigenvalue weighted by Gasteiger charge is 2.20. The molecule has 3 rings (SSSR count). The lowest BCUT2D eigenvalue weighted by molar-refractivity contribution is -0.133. The van der Waals surface area contributed by atoms with Crippen molar-refractivity contribution in [2.24, 2.45) is 0 Å². The van der Waals surface area contributed by atoms with Gasteiger partial charge in [0.05, 0.1) is 11.9 Å². The van der Waals surface area contributed by atoms with Crippen LogP contribution in [0.5, 0.6) is 0 Å². The standard InChI is InChI=1S/C22H24N2O/c1-3-17(2)24(16-18-9-5-4-6-10-18)21(25)15-20-12-7-11-19-13-8-14-23-22(19)20/h4-14,17H,3,15-16H2,1-2H3. The summed E-state index contributed by atoms with van der Waals surface area (Å²) in [5.41, 5.74) is 3.07. The monoisotopic (exact) mass is 332 g/mol. The minimum atomic E-state index is 0.149. The Balaban J connectivity index is 1.84. The molecule has 1 aromatic heterocycles. The van der Waals surface area contributed by atoms with Gasteiger partial charge in [-0.3, -0.25) is 9.78 Å². The number of carbonyl (C=O) groups is 1. The number of hydrogen-bond acceptors (Lipinski definition) is 2. The van der Waals surface area contributed by atoms with Gasteiger partial charge in [-0.25, -0.2) is 0 Å². The highest BCUT2D eigenvalue weighted by molar-refractivity contribution is 5.87. The van der Waals surface area contributed by atoms with E-state index in [1.54, 1.807) is 6.20 Å². The van der Waals surface area contributed by atoms with Crippen LogP contribution in [0.25, 0.3) is 10.9 Å². The Morgan fingerprint density at radius 2 is 1.80 bits per heavy atom. The summed E-state index contributed by atoms with van der Waals surface area (Å²) in [7, 11) is 0. The molecule has 0 saturated heterocycles. The molecule has 0 radical (unpaired) electrons. The molecule has 1 atom stereocenters. The van der Waals surface area contributed by atoms with Crippen LogP contribution < -0.4 is 0 Å². The molecule has 1 unspecified atom stereocenters. The van der Waals surface area contributed by atoms with Crippen molar-refractivity contribution in [2.45, 2.75) is 39.3 Å². The Morgan fingerprint density at radius 3 is 2.56 bits per heavy atom. The summed E-state index contributed by atoms with van der Waals surface area (Å²) in [5.74, 6) is 0.149. The van der Waals surface area contributed by atoms with Gasteiger partial charge in [-0.1, -0.05) is 61.5 Å². The van der Waals surface area contributed by atoms with Crippen molar-refractivity contribution in [3.63, 3.8) is 0 Å². The van der Waals surface area contributed by atoms with Crippen LogP contribution in [0, 0.1) is 0 Å². The van der Waals surface area contributed by atoms with Crippen LogP contribution >= 0.6 is 0 Å². The Hall–Kier alpha value is -2.68. The summed E-state index contributed by atoms with van der Waals surface area (Å²) >= 11 is 0. The summed E-state index contributed by atoms with van der Waals surface area (Å²) < 4.78 is 0. The van der Waals surface area contributed by atoms with Gasteiger partial charge in [0.25, 0.3) is 0 Å². The van der Waals surface area contributed by atoms with Gasteiger partial charge in [0.2, 0.25) is 5.91 Å². The number of para-hydroxylation sites is 1. The molecular formula is C22H24N2O. The predicted octanol–water partition coefficient (Wildman–Crippen LogP) is 4.60. The summed E-state index contributed by atoms with van der Waals surface area (Å²) in [6.07, 6.45) is 3.10. The average molecular weight is 332 g/mol. The number of aromatic nitrogens is 1. The normalized spacial score (nSPS) is 12.1. The van der Waals surface area contributed by atoms with E-state index >= 15 is 0 Å². The van der Waals surface area contributed by atoms with E-state index in [1.165, 1.54) is 0 Å². The third-order valence-corrected chi connectivity index (χ3v) is 4.70. The van der Waals surface area contributed by atoms with E-state index in [0.29, 0.717) is 13.0 Å². The molecule has 0 spiro atoms. The molecule has 0 fully saturated rings. The van der Waals surface area contributed by atoms with E-state index in [2.05, 4.69) is 31.0 Å². The number of pyridine rings is 1. The van der Waals surface area contributed by atoms with Crippen molar-refractivity contribution in [2.75, 3.05) is 0 Å². The zero-order chi connectivity index (χ0) is 17.6. The fourth-order valence-electron chi connectivity index (χ4n) is 3.06. The SMILES string of the molecule is CCC(C)N(Cc1ccccc1)C(=O)Cc1cccc2cccnc12. The molecule has 0 N–H and O–H groups in total. The second kappa shape index (κ2) is 7.93. The lowest BCUT2D eigenvalue weighted by Crippen LogP contribution is -2.38. The van der Waals surface area contributed by atoms with Crippen molar-refractivity contribution in [1.82, 2.24) is 9.88 Å². The van der Waals surface area contributed by atoms with Crippen LogP contribution in [0.1, 0.15) is 31.4 Å². The van der Waals surface area contributed by atoms with Crippen molar-refractivity contribution in [1.29, 1.82) is 0 Å². The van der Waals surface area contributed by atoms with Gasteiger partial charge in [0, 0.05) is 24.2 Å². The van der Waals surface area contributed by atoms with Gasteiger partial charge in [0.1, 0.15) is 0 Å². The first kappa shape index (κ1) is 17.2. The summed E-state index contributed by atoms with van der Waals surface area (Å²) in [6, 6.07) is 20.4. The minimum absolute atomic E-state index is 0.149. The fourth-order valence-corrected chi connectivity index (χ4v) is 3.06. The third-order valence-electron chi connectivity index (χ3n) is 4.70. The Kier molecular flexibility index (Phi) is 5.44. The zero-order valence-electron chi connectivity index (χ0n) is 14.9. The van der Waals surface area contributed by atoms with Crippen LogP contribution in [-0.4, -0.2) is 21.8 Å². The van der Waals surface area contributed by atoms with Crippen molar-refractivity contribution < 1.29 is 4.79 Å². The molecule has 0 saturated carbocycles. The second-order valence-corrected chi connectivity index (χ2v) is 6.43. The summed E-state index contributed by atoms with van der Waals surface area (Å²) in [4.78, 5) is 19.5. The first-order chi connectivity index (χ1) is 12.2. The van der Waals surface area contributed by atoms with E-state index in [1.807, 2.05) is 53.4 Å². The molecule has 0 aliphatic heterocycles. The van der Waals surface area contributed by atoms with E-state index in [-0.39, 0.29) is 11.9 Å². The van der Waals surface area contributed by atoms with E-state index in [9.17, 15) is 4.79 Å². The van der Waals surface area contributed by atoms with Crippen LogP contribution in [0.3, 0.4) is 0 Å². The number of nitrogens with zero attached hydrogens (tertiary/aromatic N) is 2. The van der Waals surface area contributed by atoms with Gasteiger partial charge < -0.3 is 4.90 Å².